The van der Waals surface area contributed by atoms with Crippen molar-refractivity contribution < 1.29 is 15.0 Å². The summed E-state index contributed by atoms with van der Waals surface area (Å²) in [7, 11) is 0. The third-order valence-electron chi connectivity index (χ3n) is 5.94. The van der Waals surface area contributed by atoms with Crippen molar-refractivity contribution in [2.24, 2.45) is 5.92 Å². The first-order chi connectivity index (χ1) is 15.4. The van der Waals surface area contributed by atoms with Gasteiger partial charge in [-0.05, 0) is 42.7 Å². The van der Waals surface area contributed by atoms with Crippen molar-refractivity contribution in [3.8, 4) is 17.1 Å². The number of fused-ring (bicyclic) bond motifs is 1. The van der Waals surface area contributed by atoms with Crippen LogP contribution in [0, 0.1) is 12.8 Å². The van der Waals surface area contributed by atoms with Crippen LogP contribution in [0.25, 0.3) is 22.3 Å². The number of rotatable bonds is 7. The van der Waals surface area contributed by atoms with Crippen molar-refractivity contribution in [3.63, 3.8) is 0 Å². The van der Waals surface area contributed by atoms with Gasteiger partial charge < -0.3 is 15.1 Å². The molecule has 2 heterocycles. The summed E-state index contributed by atoms with van der Waals surface area (Å²) in [6.45, 7) is 7.43. The molecule has 2 aromatic carbocycles. The number of anilines is 1. The molecular formula is C25H30N4O3. The van der Waals surface area contributed by atoms with E-state index < -0.39 is 0 Å². The largest absolute Gasteiger partial charge is 0.507 e. The third-order valence-corrected chi connectivity index (χ3v) is 5.94. The summed E-state index contributed by atoms with van der Waals surface area (Å²) in [5, 5.41) is 20.5. The highest BCUT2D eigenvalue weighted by atomic mass is 16.3. The summed E-state index contributed by atoms with van der Waals surface area (Å²) in [5.41, 5.74) is 2.58. The molecule has 7 heteroatoms. The van der Waals surface area contributed by atoms with E-state index in [1.807, 2.05) is 32.0 Å². The Morgan fingerprint density at radius 1 is 1.09 bits per heavy atom. The summed E-state index contributed by atoms with van der Waals surface area (Å²) in [5.74, 6) is 1.70. The maximum absolute atomic E-state index is 12.3. The molecule has 0 bridgehead atoms. The molecule has 0 aliphatic carbocycles. The van der Waals surface area contributed by atoms with Gasteiger partial charge in [0.05, 0.1) is 17.6 Å². The van der Waals surface area contributed by atoms with Crippen LogP contribution in [0.3, 0.4) is 0 Å². The Kier molecular flexibility index (Phi) is 6.67. The second-order valence-electron chi connectivity index (χ2n) is 8.70. The normalized spacial score (nSPS) is 15.8. The van der Waals surface area contributed by atoms with Crippen LogP contribution in [-0.4, -0.2) is 70.2 Å². The molecular weight excluding hydrogens is 404 g/mol. The zero-order valence-electron chi connectivity index (χ0n) is 18.7. The Morgan fingerprint density at radius 2 is 1.84 bits per heavy atom. The van der Waals surface area contributed by atoms with Crippen LogP contribution < -0.4 is 4.90 Å². The number of Topliss-reactive ketones (excluding diaryl/α,β-unsaturated/α-hetero) is 1. The molecule has 1 fully saturated rings. The topological polar surface area (TPSA) is 89.8 Å². The van der Waals surface area contributed by atoms with Crippen molar-refractivity contribution in [1.29, 1.82) is 0 Å². The molecule has 3 aromatic rings. The van der Waals surface area contributed by atoms with Crippen molar-refractivity contribution in [2.75, 3.05) is 44.2 Å². The molecule has 0 spiro atoms. The van der Waals surface area contributed by atoms with E-state index in [0.717, 1.165) is 48.5 Å². The molecule has 0 radical (unpaired) electrons. The minimum Gasteiger partial charge on any atom is -0.507 e. The summed E-state index contributed by atoms with van der Waals surface area (Å²) in [6.07, 6.45) is 0.413. The van der Waals surface area contributed by atoms with Crippen LogP contribution in [0.2, 0.25) is 0 Å². The van der Waals surface area contributed by atoms with Gasteiger partial charge in [-0.2, -0.15) is 0 Å². The fourth-order valence-electron chi connectivity index (χ4n) is 4.13. The smallest absolute Gasteiger partial charge is 0.165 e. The number of carbonyl (C=O) groups excluding carboxylic acids is 1. The molecule has 0 saturated carbocycles. The first-order valence-electron chi connectivity index (χ1n) is 11.1. The van der Waals surface area contributed by atoms with Gasteiger partial charge in [-0.25, -0.2) is 9.97 Å². The number of phenolic OH excluding ortho intramolecular Hbond substituents is 1. The number of aliphatic hydroxyl groups is 1. The molecule has 1 atom stereocenters. The number of piperazine rings is 1. The van der Waals surface area contributed by atoms with Crippen LogP contribution >= 0.6 is 0 Å². The van der Waals surface area contributed by atoms with Gasteiger partial charge in [0, 0.05) is 44.6 Å². The number of phenols is 1. The second kappa shape index (κ2) is 9.63. The monoisotopic (exact) mass is 434 g/mol. The van der Waals surface area contributed by atoms with Gasteiger partial charge >= 0.3 is 0 Å². The van der Waals surface area contributed by atoms with Gasteiger partial charge in [0.25, 0.3) is 0 Å². The second-order valence-corrected chi connectivity index (χ2v) is 8.70. The Balaban J connectivity index is 1.58. The highest BCUT2D eigenvalue weighted by Gasteiger charge is 2.23. The fraction of sp³-hybridized carbons (Fsp3) is 0.400. The van der Waals surface area contributed by atoms with Crippen molar-refractivity contribution in [2.45, 2.75) is 20.3 Å². The van der Waals surface area contributed by atoms with E-state index in [-0.39, 0.29) is 24.1 Å². The van der Waals surface area contributed by atoms with E-state index >= 15 is 0 Å². The van der Waals surface area contributed by atoms with Crippen LogP contribution in [-0.2, 0) is 4.79 Å². The number of benzene rings is 2. The molecule has 4 rings (SSSR count). The predicted octanol–water partition coefficient (Wildman–Crippen LogP) is 3.02. The molecule has 7 nitrogen and oxygen atoms in total. The zero-order chi connectivity index (χ0) is 22.7. The lowest BCUT2D eigenvalue weighted by molar-refractivity contribution is -0.121. The average Bonchev–Trinajstić information content (AvgIpc) is 2.78. The zero-order valence-corrected chi connectivity index (χ0v) is 18.7. The van der Waals surface area contributed by atoms with Gasteiger partial charge in [0.1, 0.15) is 17.4 Å². The lowest BCUT2D eigenvalue weighted by Crippen LogP contribution is -2.48. The summed E-state index contributed by atoms with van der Waals surface area (Å²) >= 11 is 0. The van der Waals surface area contributed by atoms with Crippen molar-refractivity contribution >= 4 is 22.5 Å². The highest BCUT2D eigenvalue weighted by molar-refractivity contribution is 5.92. The molecule has 1 aliphatic rings. The number of para-hydroxylation sites is 1. The number of aromatic hydroxyl groups is 1. The van der Waals surface area contributed by atoms with E-state index in [1.54, 1.807) is 12.1 Å². The van der Waals surface area contributed by atoms with Crippen molar-refractivity contribution in [1.82, 2.24) is 14.9 Å². The molecule has 0 amide bonds. The SMILES string of the molecule is Cc1ccc2c(N3CCN(CC(=O)CC(C)CO)CC3)nc(-c3ccccc3O)nc2c1. The van der Waals surface area contributed by atoms with Gasteiger partial charge in [-0.15, -0.1) is 0 Å². The van der Waals surface area contributed by atoms with Crippen LogP contribution in [0.4, 0.5) is 5.82 Å². The summed E-state index contributed by atoms with van der Waals surface area (Å²) in [6, 6.07) is 13.3. The number of nitrogens with zero attached hydrogens (tertiary/aromatic N) is 4. The Labute approximate surface area is 188 Å². The van der Waals surface area contributed by atoms with E-state index in [4.69, 9.17) is 9.97 Å². The van der Waals surface area contributed by atoms with Gasteiger partial charge in [0.2, 0.25) is 0 Å². The van der Waals surface area contributed by atoms with E-state index in [1.165, 1.54) is 0 Å². The predicted molar refractivity (Wildman–Crippen MR) is 126 cm³/mol. The quantitative estimate of drug-likeness (QED) is 0.591. The maximum atomic E-state index is 12.3. The number of aryl methyl sites for hydroxylation is 1. The molecule has 1 unspecified atom stereocenters. The fourth-order valence-corrected chi connectivity index (χ4v) is 4.13. The van der Waals surface area contributed by atoms with E-state index in [9.17, 15) is 15.0 Å². The Morgan fingerprint density at radius 3 is 2.56 bits per heavy atom. The van der Waals surface area contributed by atoms with E-state index in [0.29, 0.717) is 24.4 Å². The number of carbonyl (C=O) groups is 1. The standard InChI is InChI=1S/C25H30N4O3/c1-17-7-8-20-22(14-17)26-24(21-5-3-4-6-23(21)32)27-25(20)29-11-9-28(10-12-29)15-19(31)13-18(2)16-30/h3-8,14,18,30,32H,9-13,15-16H2,1-2H3. The van der Waals surface area contributed by atoms with Crippen LogP contribution in [0.15, 0.2) is 42.5 Å². The molecule has 1 aromatic heterocycles. The number of hydrogen-bond acceptors (Lipinski definition) is 7. The number of aliphatic hydroxyl groups excluding tert-OH is 1. The van der Waals surface area contributed by atoms with Gasteiger partial charge in [-0.1, -0.05) is 25.1 Å². The van der Waals surface area contributed by atoms with E-state index in [2.05, 4.69) is 21.9 Å². The van der Waals surface area contributed by atoms with Gasteiger partial charge in [0.15, 0.2) is 5.82 Å². The number of hydrogen-bond donors (Lipinski definition) is 2. The first-order valence-corrected chi connectivity index (χ1v) is 11.1. The Hall–Kier alpha value is -3.03. The van der Waals surface area contributed by atoms with Crippen LogP contribution in [0.1, 0.15) is 18.9 Å². The van der Waals surface area contributed by atoms with Crippen LogP contribution in [0.5, 0.6) is 5.75 Å². The minimum atomic E-state index is 0.00690. The first kappa shape index (κ1) is 22.2. The maximum Gasteiger partial charge on any atom is 0.165 e. The summed E-state index contributed by atoms with van der Waals surface area (Å²) < 4.78 is 0. The third kappa shape index (κ3) is 4.89. The average molecular weight is 435 g/mol. The molecule has 2 N–H and O–H groups in total. The van der Waals surface area contributed by atoms with Crippen molar-refractivity contribution in [3.05, 3.63) is 48.0 Å². The molecule has 168 valence electrons. The minimum absolute atomic E-state index is 0.00690. The number of ketones is 1. The van der Waals surface area contributed by atoms with Gasteiger partial charge in [-0.3, -0.25) is 9.69 Å². The molecule has 32 heavy (non-hydrogen) atoms. The lowest BCUT2D eigenvalue weighted by Gasteiger charge is -2.35. The lowest BCUT2D eigenvalue weighted by atomic mass is 10.1. The molecule has 1 aliphatic heterocycles. The highest BCUT2D eigenvalue weighted by Crippen LogP contribution is 2.32. The molecule has 1 saturated heterocycles. The number of aromatic nitrogens is 2. The summed E-state index contributed by atoms with van der Waals surface area (Å²) in [4.78, 5) is 26.3. The Bertz CT molecular complexity index is 1110.